The van der Waals surface area contributed by atoms with Gasteiger partial charge in [0.05, 0.1) is 51.0 Å². The Morgan fingerprint density at radius 1 is 0.551 bits per heavy atom. The third-order valence-electron chi connectivity index (χ3n) is 13.7. The molecule has 12 unspecified atom stereocenters. The van der Waals surface area contributed by atoms with Crippen LogP contribution >= 0.6 is 23.5 Å². The fraction of sp³-hybridized carbons (Fsp3) is 0.889. The summed E-state index contributed by atoms with van der Waals surface area (Å²) in [5.41, 5.74) is 1.40. The number of rotatable bonds is 19. The standard InChI is InChI=1S/C45H77N3O19S2/c1-4-31(51)48(21-46-23(2)11-15-68-19-29-25-9-5-7-13-60-42-38(58)34(54)40(27(17-49)62-42)66-44(64-29)36(56)32(25)52)22-47-24(3)12-16-69-20-30-26-10-6-8-14-61-43-39(59)35(55)41(28(18-50)63-43)67-45(65-30)37(57)33(26)53/h25-30,32-47,49-50,52-59H,2-22H2,1H3/t25?,26?,27?,28?,29?,30?,32-,33-,34+,35+,36?,37?,38?,39?,40?,41?,42-,43-,44+,45+/m0/s1. The summed E-state index contributed by atoms with van der Waals surface area (Å²) >= 11 is 3.11. The van der Waals surface area contributed by atoms with E-state index in [0.717, 1.165) is 0 Å². The van der Waals surface area contributed by atoms with Gasteiger partial charge >= 0.3 is 0 Å². The molecular formula is C45H77N3O19S2. The second-order valence-corrected chi connectivity index (χ2v) is 20.8. The molecule has 0 aromatic rings. The quantitative estimate of drug-likeness (QED) is 0.0481. The summed E-state index contributed by atoms with van der Waals surface area (Å²) in [5.74, 6) is 1.16. The van der Waals surface area contributed by atoms with Gasteiger partial charge in [-0.25, -0.2) is 0 Å². The average Bonchev–Trinajstić information content (AvgIpc) is 3.34. The Kier molecular flexibility index (Phi) is 22.8. The van der Waals surface area contributed by atoms with Crippen LogP contribution in [0, 0.1) is 11.8 Å². The van der Waals surface area contributed by atoms with Gasteiger partial charge in [0.2, 0.25) is 5.91 Å². The second-order valence-electron chi connectivity index (χ2n) is 18.5. The lowest BCUT2D eigenvalue weighted by Gasteiger charge is -2.47. The number of nitrogens with one attached hydrogen (secondary N) is 2. The lowest BCUT2D eigenvalue weighted by atomic mass is 9.85. The third kappa shape index (κ3) is 14.9. The number of amides is 1. The minimum atomic E-state index is -1.52. The van der Waals surface area contributed by atoms with Gasteiger partial charge in [-0.2, -0.15) is 23.5 Å². The topological polar surface area (TPSA) is 321 Å². The van der Waals surface area contributed by atoms with Gasteiger partial charge in [0.25, 0.3) is 0 Å². The van der Waals surface area contributed by atoms with E-state index in [4.69, 9.17) is 37.9 Å². The molecule has 12 heterocycles. The van der Waals surface area contributed by atoms with Crippen LogP contribution in [0.15, 0.2) is 24.6 Å². The van der Waals surface area contributed by atoms with Crippen molar-refractivity contribution in [1.29, 1.82) is 0 Å². The van der Waals surface area contributed by atoms with Gasteiger partial charge in [0.1, 0.15) is 61.0 Å². The maximum atomic E-state index is 13.0. The van der Waals surface area contributed by atoms with Crippen LogP contribution in [-0.2, 0) is 42.7 Å². The van der Waals surface area contributed by atoms with Gasteiger partial charge in [-0.15, -0.1) is 0 Å². The Labute approximate surface area is 412 Å². The van der Waals surface area contributed by atoms with E-state index in [1.807, 2.05) is 0 Å². The number of carbonyl (C=O) groups is 1. The molecular weight excluding hydrogens is 951 g/mol. The molecule has 0 spiro atoms. The van der Waals surface area contributed by atoms with Crippen molar-refractivity contribution in [2.45, 2.75) is 175 Å². The molecule has 12 aliphatic heterocycles. The molecule has 22 nitrogen and oxygen atoms in total. The van der Waals surface area contributed by atoms with Crippen LogP contribution < -0.4 is 10.6 Å². The number of allylic oxidation sites excluding steroid dienone is 2. The first-order valence-electron chi connectivity index (χ1n) is 24.3. The molecule has 12 rings (SSSR count). The first-order chi connectivity index (χ1) is 33.2. The Balaban J connectivity index is 0.931. The molecule has 8 bridgehead atoms. The van der Waals surface area contributed by atoms with E-state index in [1.165, 1.54) is 0 Å². The predicted molar refractivity (Wildman–Crippen MR) is 249 cm³/mol. The Morgan fingerprint density at radius 2 is 0.942 bits per heavy atom. The third-order valence-corrected chi connectivity index (χ3v) is 15.8. The highest BCUT2D eigenvalue weighted by molar-refractivity contribution is 7.99. The highest BCUT2D eigenvalue weighted by atomic mass is 32.2. The molecule has 12 fully saturated rings. The van der Waals surface area contributed by atoms with Crippen molar-refractivity contribution >= 4 is 29.4 Å². The first-order valence-corrected chi connectivity index (χ1v) is 26.6. The van der Waals surface area contributed by atoms with E-state index in [9.17, 15) is 55.9 Å². The second kappa shape index (κ2) is 27.7. The van der Waals surface area contributed by atoms with Gasteiger partial charge in [0.15, 0.2) is 25.2 Å². The van der Waals surface area contributed by atoms with Gasteiger partial charge in [-0.3, -0.25) is 4.79 Å². The molecule has 69 heavy (non-hydrogen) atoms. The number of hydrogen-bond donors (Lipinski definition) is 12. The van der Waals surface area contributed by atoms with Crippen LogP contribution in [0.25, 0.3) is 0 Å². The number of carbonyl (C=O) groups excluding carboxylic acids is 1. The zero-order valence-electron chi connectivity index (χ0n) is 39.3. The fourth-order valence-corrected chi connectivity index (χ4v) is 11.7. The normalized spacial score (nSPS) is 41.0. The minimum Gasteiger partial charge on any atom is -0.394 e. The van der Waals surface area contributed by atoms with Crippen LogP contribution in [0.4, 0.5) is 0 Å². The SMILES string of the molecule is C=C(CCSCC1O[C@@H]2OC3C(CO)O[C@H](OCCCCC1[C@H](O)C2O)C(O)[C@H]3O)NCN(CNC(=C)CCSCC1O[C@@H]2OC3C(CO)O[C@H](OCCCCC1[C@H](O)C2O)C(O)[C@H]3O)C(=O)CC. The fourth-order valence-electron chi connectivity index (χ4n) is 9.47. The molecule has 398 valence electrons. The monoisotopic (exact) mass is 1030 g/mol. The Hall–Kier alpha value is -1.47. The highest BCUT2D eigenvalue weighted by Gasteiger charge is 2.53. The van der Waals surface area contributed by atoms with E-state index >= 15 is 0 Å². The highest BCUT2D eigenvalue weighted by Crippen LogP contribution is 2.38. The Morgan fingerprint density at radius 3 is 1.33 bits per heavy atom. The minimum absolute atomic E-state index is 0.0932. The van der Waals surface area contributed by atoms with Crippen molar-refractivity contribution in [3.05, 3.63) is 24.6 Å². The average molecular weight is 1030 g/mol. The molecule has 12 N–H and O–H groups in total. The molecule has 0 aliphatic carbocycles. The summed E-state index contributed by atoms with van der Waals surface area (Å²) in [4.78, 5) is 14.6. The summed E-state index contributed by atoms with van der Waals surface area (Å²) in [5, 5.41) is 114. The number of ether oxygens (including phenoxy) is 8. The number of aliphatic hydroxyl groups is 10. The van der Waals surface area contributed by atoms with Crippen LogP contribution in [0.1, 0.15) is 64.7 Å². The summed E-state index contributed by atoms with van der Waals surface area (Å²) in [6, 6.07) is 0. The molecule has 24 heteroatoms. The van der Waals surface area contributed by atoms with Crippen molar-refractivity contribution in [2.24, 2.45) is 11.8 Å². The predicted octanol–water partition coefficient (Wildman–Crippen LogP) is -2.23. The van der Waals surface area contributed by atoms with Crippen molar-refractivity contribution in [3.63, 3.8) is 0 Å². The zero-order chi connectivity index (χ0) is 49.8. The maximum Gasteiger partial charge on any atom is 0.225 e. The summed E-state index contributed by atoms with van der Waals surface area (Å²) < 4.78 is 47.1. The zero-order valence-corrected chi connectivity index (χ0v) is 40.9. The number of hydrogen-bond acceptors (Lipinski definition) is 23. The lowest BCUT2D eigenvalue weighted by Crippen LogP contribution is -2.63. The lowest BCUT2D eigenvalue weighted by molar-refractivity contribution is -0.354. The van der Waals surface area contributed by atoms with E-state index in [1.54, 1.807) is 35.3 Å². The van der Waals surface area contributed by atoms with Crippen molar-refractivity contribution in [3.8, 4) is 0 Å². The molecule has 12 aliphatic rings. The van der Waals surface area contributed by atoms with Gasteiger partial charge in [0, 0.05) is 54.4 Å². The van der Waals surface area contributed by atoms with E-state index in [2.05, 4.69) is 23.8 Å². The van der Waals surface area contributed by atoms with Crippen LogP contribution in [0.5, 0.6) is 0 Å². The summed E-state index contributed by atoms with van der Waals surface area (Å²) in [6.45, 7) is 9.77. The van der Waals surface area contributed by atoms with Gasteiger partial charge in [-0.1, -0.05) is 32.9 Å². The van der Waals surface area contributed by atoms with Crippen molar-refractivity contribution in [2.75, 3.05) is 62.8 Å². The van der Waals surface area contributed by atoms with Crippen LogP contribution in [-0.4, -0.2) is 235 Å². The molecule has 20 atom stereocenters. The number of thioether (sulfide) groups is 2. The summed E-state index contributed by atoms with van der Waals surface area (Å²) in [6.07, 6.45) is -17.3. The summed E-state index contributed by atoms with van der Waals surface area (Å²) in [7, 11) is 0. The van der Waals surface area contributed by atoms with Crippen LogP contribution in [0.2, 0.25) is 0 Å². The number of nitrogens with zero attached hydrogens (tertiary/aromatic N) is 1. The van der Waals surface area contributed by atoms with Crippen LogP contribution in [0.3, 0.4) is 0 Å². The van der Waals surface area contributed by atoms with Crippen molar-refractivity contribution < 1.29 is 93.8 Å². The maximum absolute atomic E-state index is 13.0. The molecule has 0 aromatic carbocycles. The molecule has 0 radical (unpaired) electrons. The smallest absolute Gasteiger partial charge is 0.225 e. The van der Waals surface area contributed by atoms with Gasteiger partial charge in [-0.05, 0) is 50.0 Å². The van der Waals surface area contributed by atoms with Gasteiger partial charge < -0.3 is 104 Å². The largest absolute Gasteiger partial charge is 0.394 e. The Bertz CT molecular complexity index is 1490. The van der Waals surface area contributed by atoms with E-state index < -0.39 is 136 Å². The van der Waals surface area contributed by atoms with Crippen molar-refractivity contribution in [1.82, 2.24) is 15.5 Å². The molecule has 0 saturated carbocycles. The molecule has 0 aromatic heterocycles. The molecule has 12 saturated heterocycles. The first kappa shape index (κ1) is 56.8. The van der Waals surface area contributed by atoms with E-state index in [-0.39, 0.29) is 38.9 Å². The van der Waals surface area contributed by atoms with E-state index in [0.29, 0.717) is 85.8 Å². The number of aliphatic hydroxyl groups excluding tert-OH is 10. The molecule has 1 amide bonds.